The first-order valence-electron chi connectivity index (χ1n) is 7.46. The molecule has 0 radical (unpaired) electrons. The van der Waals surface area contributed by atoms with Gasteiger partial charge in [0.05, 0.1) is 18.8 Å². The molecule has 7 nitrogen and oxygen atoms in total. The number of nitrogens with zero attached hydrogens (tertiary/aromatic N) is 3. The molecule has 0 saturated heterocycles. The van der Waals surface area contributed by atoms with Gasteiger partial charge in [0.1, 0.15) is 5.75 Å². The highest BCUT2D eigenvalue weighted by molar-refractivity contribution is 8.00. The maximum Gasteiger partial charge on any atom is 0.277 e. The summed E-state index contributed by atoms with van der Waals surface area (Å²) in [5.41, 5.74) is 1.04. The maximum absolute atomic E-state index is 12.1. The Kier molecular flexibility index (Phi) is 5.67. The number of hydrogen-bond acceptors (Lipinski definition) is 8. The molecule has 1 amide bonds. The Morgan fingerprint density at radius 2 is 2.16 bits per heavy atom. The first-order valence-corrected chi connectivity index (χ1v) is 9.22. The van der Waals surface area contributed by atoms with Crippen LogP contribution in [0.4, 0.5) is 5.13 Å². The highest BCUT2D eigenvalue weighted by atomic mass is 32.2. The molecule has 0 fully saturated rings. The second kappa shape index (κ2) is 8.13. The summed E-state index contributed by atoms with van der Waals surface area (Å²) in [6.07, 6.45) is 2.17. The molecule has 1 aromatic carbocycles. The molecule has 0 aliphatic heterocycles. The zero-order valence-electron chi connectivity index (χ0n) is 13.6. The molecule has 130 valence electrons. The number of amides is 1. The van der Waals surface area contributed by atoms with Crippen molar-refractivity contribution in [2.75, 3.05) is 12.4 Å². The van der Waals surface area contributed by atoms with Gasteiger partial charge in [-0.05, 0) is 24.6 Å². The Bertz CT molecular complexity index is 818. The molecule has 3 rings (SSSR count). The van der Waals surface area contributed by atoms with Crippen molar-refractivity contribution in [3.63, 3.8) is 0 Å². The van der Waals surface area contributed by atoms with Gasteiger partial charge in [-0.3, -0.25) is 4.79 Å². The van der Waals surface area contributed by atoms with Gasteiger partial charge < -0.3 is 14.5 Å². The number of carbonyl (C=O) groups is 1. The van der Waals surface area contributed by atoms with Crippen LogP contribution in [0.2, 0.25) is 0 Å². The van der Waals surface area contributed by atoms with Crippen LogP contribution in [0.15, 0.2) is 45.5 Å². The fourth-order valence-corrected chi connectivity index (χ4v) is 3.20. The van der Waals surface area contributed by atoms with Crippen LogP contribution >= 0.6 is 23.1 Å². The van der Waals surface area contributed by atoms with Crippen molar-refractivity contribution < 1.29 is 13.9 Å². The van der Waals surface area contributed by atoms with Crippen molar-refractivity contribution in [3.8, 4) is 5.75 Å². The maximum atomic E-state index is 12.1. The van der Waals surface area contributed by atoms with E-state index < -0.39 is 0 Å². The Labute approximate surface area is 152 Å². The van der Waals surface area contributed by atoms with E-state index in [1.807, 2.05) is 24.3 Å². The van der Waals surface area contributed by atoms with E-state index in [1.54, 1.807) is 25.6 Å². The number of ether oxygens (including phenoxy) is 1. The number of aromatic nitrogens is 3. The van der Waals surface area contributed by atoms with Crippen LogP contribution in [-0.2, 0) is 11.2 Å². The monoisotopic (exact) mass is 376 g/mol. The highest BCUT2D eigenvalue weighted by Crippen LogP contribution is 2.24. The van der Waals surface area contributed by atoms with Crippen molar-refractivity contribution in [3.05, 3.63) is 47.3 Å². The van der Waals surface area contributed by atoms with Gasteiger partial charge in [0.15, 0.2) is 5.13 Å². The minimum absolute atomic E-state index is 0.158. The molecule has 0 spiro atoms. The minimum atomic E-state index is -0.377. The Balaban J connectivity index is 1.56. The molecular weight excluding hydrogens is 360 g/mol. The van der Waals surface area contributed by atoms with E-state index >= 15 is 0 Å². The van der Waals surface area contributed by atoms with Crippen molar-refractivity contribution >= 4 is 34.1 Å². The average molecular weight is 376 g/mol. The van der Waals surface area contributed by atoms with Gasteiger partial charge in [0, 0.05) is 11.6 Å². The zero-order chi connectivity index (χ0) is 17.6. The molecule has 0 saturated carbocycles. The summed E-state index contributed by atoms with van der Waals surface area (Å²) in [7, 11) is 1.63. The molecule has 2 heterocycles. The fraction of sp³-hybridized carbons (Fsp3) is 0.250. The fourth-order valence-electron chi connectivity index (χ4n) is 1.97. The summed E-state index contributed by atoms with van der Waals surface area (Å²) in [5, 5.41) is 13.1. The van der Waals surface area contributed by atoms with Gasteiger partial charge in [-0.1, -0.05) is 23.9 Å². The van der Waals surface area contributed by atoms with Crippen molar-refractivity contribution in [2.45, 2.75) is 23.8 Å². The van der Waals surface area contributed by atoms with Gasteiger partial charge >= 0.3 is 0 Å². The number of anilines is 1. The van der Waals surface area contributed by atoms with Gasteiger partial charge in [-0.2, -0.15) is 0 Å². The lowest BCUT2D eigenvalue weighted by Crippen LogP contribution is -2.22. The van der Waals surface area contributed by atoms with E-state index in [9.17, 15) is 4.79 Å². The number of carbonyl (C=O) groups excluding carboxylic acids is 1. The van der Waals surface area contributed by atoms with E-state index in [2.05, 4.69) is 20.5 Å². The number of methoxy groups -OCH3 is 1. The molecule has 0 aliphatic carbocycles. The summed E-state index contributed by atoms with van der Waals surface area (Å²) in [5.74, 6) is 1.14. The Morgan fingerprint density at radius 3 is 2.84 bits per heavy atom. The smallest absolute Gasteiger partial charge is 0.277 e. The molecule has 0 unspecified atom stereocenters. The normalized spacial score (nSPS) is 11.9. The molecule has 9 heteroatoms. The number of nitrogens with one attached hydrogen (secondary N) is 1. The van der Waals surface area contributed by atoms with Gasteiger partial charge in [0.25, 0.3) is 5.22 Å². The zero-order valence-corrected chi connectivity index (χ0v) is 15.3. The third-order valence-corrected chi connectivity index (χ3v) is 4.89. The topological polar surface area (TPSA) is 90.1 Å². The lowest BCUT2D eigenvalue weighted by molar-refractivity contribution is -0.115. The first-order chi connectivity index (χ1) is 12.1. The van der Waals surface area contributed by atoms with Crippen LogP contribution in [0, 0.1) is 0 Å². The summed E-state index contributed by atoms with van der Waals surface area (Å²) in [6, 6.07) is 7.65. The number of benzene rings is 1. The molecular formula is C16H16N4O3S2. The van der Waals surface area contributed by atoms with Gasteiger partial charge in [-0.15, -0.1) is 21.5 Å². The molecule has 1 N–H and O–H groups in total. The predicted octanol–water partition coefficient (Wildman–Crippen LogP) is 3.24. The van der Waals surface area contributed by atoms with E-state index in [1.165, 1.54) is 23.1 Å². The van der Waals surface area contributed by atoms with Crippen LogP contribution in [0.1, 0.15) is 18.4 Å². The van der Waals surface area contributed by atoms with E-state index in [-0.39, 0.29) is 11.2 Å². The van der Waals surface area contributed by atoms with E-state index in [4.69, 9.17) is 9.15 Å². The summed E-state index contributed by atoms with van der Waals surface area (Å²) >= 11 is 2.59. The van der Waals surface area contributed by atoms with Crippen molar-refractivity contribution in [2.24, 2.45) is 0 Å². The molecule has 1 atom stereocenters. The largest absolute Gasteiger partial charge is 0.497 e. The lowest BCUT2D eigenvalue weighted by atomic mass is 10.1. The van der Waals surface area contributed by atoms with E-state index in [0.29, 0.717) is 22.7 Å². The third-order valence-electron chi connectivity index (χ3n) is 3.27. The van der Waals surface area contributed by atoms with Crippen molar-refractivity contribution in [1.29, 1.82) is 0 Å². The van der Waals surface area contributed by atoms with Gasteiger partial charge in [-0.25, -0.2) is 4.98 Å². The van der Waals surface area contributed by atoms with Crippen LogP contribution in [0.25, 0.3) is 0 Å². The number of hydrogen-bond donors (Lipinski definition) is 1. The summed E-state index contributed by atoms with van der Waals surface area (Å²) < 4.78 is 10.7. The number of thiazole rings is 1. The molecule has 0 bridgehead atoms. The SMILES string of the molecule is COc1ccc(Cc2nnc(S[C@@H](C)C(=O)Nc3nccs3)o2)cc1. The lowest BCUT2D eigenvalue weighted by Gasteiger charge is -2.07. The van der Waals surface area contributed by atoms with Crippen LogP contribution in [0.5, 0.6) is 5.75 Å². The van der Waals surface area contributed by atoms with Crippen LogP contribution < -0.4 is 10.1 Å². The molecule has 25 heavy (non-hydrogen) atoms. The molecule has 0 aliphatic rings. The summed E-state index contributed by atoms with van der Waals surface area (Å²) in [6.45, 7) is 1.78. The molecule has 2 aromatic heterocycles. The van der Waals surface area contributed by atoms with Crippen LogP contribution in [0.3, 0.4) is 0 Å². The second-order valence-corrected chi connectivity index (χ2v) is 7.26. The second-order valence-electron chi connectivity index (χ2n) is 5.07. The predicted molar refractivity (Wildman–Crippen MR) is 96.2 cm³/mol. The first kappa shape index (κ1) is 17.4. The summed E-state index contributed by atoms with van der Waals surface area (Å²) in [4.78, 5) is 16.1. The van der Waals surface area contributed by atoms with Crippen molar-refractivity contribution in [1.82, 2.24) is 15.2 Å². The van der Waals surface area contributed by atoms with Crippen LogP contribution in [-0.4, -0.2) is 33.4 Å². The van der Waals surface area contributed by atoms with Gasteiger partial charge in [0.2, 0.25) is 11.8 Å². The highest BCUT2D eigenvalue weighted by Gasteiger charge is 2.19. The standard InChI is InChI=1S/C16H16N4O3S2/c1-10(14(21)18-15-17-7-8-24-15)25-16-20-19-13(23-16)9-11-3-5-12(22-2)6-4-11/h3-8,10H,9H2,1-2H3,(H,17,18,21)/t10-/m0/s1. The Morgan fingerprint density at radius 1 is 1.36 bits per heavy atom. The Hall–Kier alpha value is -2.39. The third kappa shape index (κ3) is 4.80. The van der Waals surface area contributed by atoms with E-state index in [0.717, 1.165) is 11.3 Å². The minimum Gasteiger partial charge on any atom is -0.497 e. The quantitative estimate of drug-likeness (QED) is 0.633. The average Bonchev–Trinajstić information content (AvgIpc) is 3.27. The molecule has 3 aromatic rings. The number of rotatable bonds is 7. The number of thioether (sulfide) groups is 1.